The van der Waals surface area contributed by atoms with Gasteiger partial charge in [0.05, 0.1) is 5.52 Å². The van der Waals surface area contributed by atoms with Gasteiger partial charge in [-0.15, -0.1) is 0 Å². The van der Waals surface area contributed by atoms with Crippen LogP contribution in [-0.2, 0) is 0 Å². The number of aromatic nitrogens is 1. The van der Waals surface area contributed by atoms with Crippen molar-refractivity contribution in [3.05, 3.63) is 34.3 Å². The summed E-state index contributed by atoms with van der Waals surface area (Å²) in [6.45, 7) is 6.73. The molecule has 2 heterocycles. The van der Waals surface area contributed by atoms with Gasteiger partial charge in [-0.2, -0.15) is 0 Å². The first-order chi connectivity index (χ1) is 12.9. The van der Waals surface area contributed by atoms with Crippen LogP contribution in [0, 0.1) is 5.92 Å². The van der Waals surface area contributed by atoms with Gasteiger partial charge in [0.2, 0.25) is 5.91 Å². The van der Waals surface area contributed by atoms with Crippen LogP contribution < -0.4 is 11.5 Å². The Balaban J connectivity index is 1.54. The molecule has 1 saturated carbocycles. The molecule has 2 fully saturated rings. The average Bonchev–Trinajstić information content (AvgIpc) is 2.99. The fraction of sp³-hybridized carbons (Fsp3) is 0.619. The molecule has 1 aromatic heterocycles. The maximum absolute atomic E-state index is 12.5. The van der Waals surface area contributed by atoms with E-state index in [2.05, 4.69) is 18.7 Å². The molecule has 0 bridgehead atoms. The molecule has 2 N–H and O–H groups in total. The molecular formula is C21H29N3O3. The molecule has 0 radical (unpaired) electrons. The Labute approximate surface area is 159 Å². The molecule has 6 nitrogen and oxygen atoms in total. The van der Waals surface area contributed by atoms with Crippen LogP contribution in [0.2, 0.25) is 0 Å². The van der Waals surface area contributed by atoms with E-state index < -0.39 is 5.91 Å². The standard InChI is InChI=1S/C21H29N3O3/c1-14-5-9-21(2,10-6-14)23-11-7-16(8-12-23)24-17-13-15(19(22)25)3-4-18(17)27-20(24)26/h3-4,13-14,16H,5-12H2,1-2H3,(H2,22,25)/t14-,21-. The van der Waals surface area contributed by atoms with E-state index in [1.54, 1.807) is 22.8 Å². The normalized spacial score (nSPS) is 27.9. The number of amides is 1. The molecule has 4 rings (SSSR count). The minimum Gasteiger partial charge on any atom is -0.408 e. The van der Waals surface area contributed by atoms with Crippen LogP contribution >= 0.6 is 0 Å². The van der Waals surface area contributed by atoms with E-state index in [1.165, 1.54) is 25.7 Å². The zero-order valence-electron chi connectivity index (χ0n) is 16.2. The highest BCUT2D eigenvalue weighted by Gasteiger charge is 2.37. The van der Waals surface area contributed by atoms with E-state index >= 15 is 0 Å². The number of hydrogen-bond donors (Lipinski definition) is 1. The Morgan fingerprint density at radius 2 is 1.85 bits per heavy atom. The number of carbonyl (C=O) groups is 1. The quantitative estimate of drug-likeness (QED) is 0.897. The molecule has 0 atom stereocenters. The number of fused-ring (bicyclic) bond motifs is 1. The van der Waals surface area contributed by atoms with Crippen LogP contribution in [0.5, 0.6) is 0 Å². The maximum Gasteiger partial charge on any atom is 0.420 e. The first kappa shape index (κ1) is 18.3. The van der Waals surface area contributed by atoms with E-state index in [4.69, 9.17) is 10.2 Å². The lowest BCUT2D eigenvalue weighted by Crippen LogP contribution is -2.52. The van der Waals surface area contributed by atoms with E-state index in [1.807, 2.05) is 0 Å². The van der Waals surface area contributed by atoms with Crippen molar-refractivity contribution in [1.82, 2.24) is 9.47 Å². The minimum atomic E-state index is -0.494. The summed E-state index contributed by atoms with van der Waals surface area (Å²) >= 11 is 0. The third-order valence-corrected chi connectivity index (χ3v) is 6.84. The molecule has 1 aliphatic carbocycles. The second kappa shape index (κ2) is 6.82. The van der Waals surface area contributed by atoms with Crippen molar-refractivity contribution in [2.75, 3.05) is 13.1 Å². The monoisotopic (exact) mass is 371 g/mol. The molecule has 2 aromatic rings. The van der Waals surface area contributed by atoms with Gasteiger partial charge in [-0.1, -0.05) is 6.92 Å². The van der Waals surface area contributed by atoms with Gasteiger partial charge in [-0.05, 0) is 69.6 Å². The van der Waals surface area contributed by atoms with E-state index in [9.17, 15) is 9.59 Å². The molecule has 0 unspecified atom stereocenters. The number of piperidine rings is 1. The summed E-state index contributed by atoms with van der Waals surface area (Å²) in [5, 5.41) is 0. The highest BCUT2D eigenvalue weighted by Crippen LogP contribution is 2.39. The highest BCUT2D eigenvalue weighted by atomic mass is 16.4. The molecule has 1 aromatic carbocycles. The first-order valence-electron chi connectivity index (χ1n) is 10.1. The van der Waals surface area contributed by atoms with Gasteiger partial charge in [0.25, 0.3) is 0 Å². The lowest BCUT2D eigenvalue weighted by Gasteiger charge is -2.48. The summed E-state index contributed by atoms with van der Waals surface area (Å²) in [6, 6.07) is 5.04. The van der Waals surface area contributed by atoms with Gasteiger partial charge in [-0.25, -0.2) is 4.79 Å². The van der Waals surface area contributed by atoms with Crippen molar-refractivity contribution in [3.8, 4) is 0 Å². The Kier molecular flexibility index (Phi) is 4.62. The number of rotatable bonds is 3. The first-order valence-corrected chi connectivity index (χ1v) is 10.1. The minimum absolute atomic E-state index is 0.101. The summed E-state index contributed by atoms with van der Waals surface area (Å²) < 4.78 is 7.13. The largest absolute Gasteiger partial charge is 0.420 e. The Bertz CT molecular complexity index is 897. The van der Waals surface area contributed by atoms with E-state index in [0.29, 0.717) is 22.2 Å². The molecule has 1 saturated heterocycles. The highest BCUT2D eigenvalue weighted by molar-refractivity contribution is 5.95. The van der Waals surface area contributed by atoms with Gasteiger partial charge in [0.1, 0.15) is 0 Å². The zero-order valence-corrected chi connectivity index (χ0v) is 16.2. The van der Waals surface area contributed by atoms with Crippen LogP contribution in [0.3, 0.4) is 0 Å². The second-order valence-corrected chi connectivity index (χ2v) is 8.68. The van der Waals surface area contributed by atoms with Crippen LogP contribution in [0.15, 0.2) is 27.4 Å². The smallest absolute Gasteiger partial charge is 0.408 e. The van der Waals surface area contributed by atoms with Crippen molar-refractivity contribution in [1.29, 1.82) is 0 Å². The van der Waals surface area contributed by atoms with E-state index in [-0.39, 0.29) is 11.8 Å². The van der Waals surface area contributed by atoms with Crippen LogP contribution in [0.4, 0.5) is 0 Å². The third kappa shape index (κ3) is 3.31. The number of nitrogens with two attached hydrogens (primary N) is 1. The number of likely N-dealkylation sites (tertiary alicyclic amines) is 1. The fourth-order valence-corrected chi connectivity index (χ4v) is 4.90. The summed E-state index contributed by atoms with van der Waals surface area (Å²) in [5.41, 5.74) is 7.28. The molecule has 2 aliphatic rings. The molecule has 1 amide bonds. The average molecular weight is 371 g/mol. The molecule has 146 valence electrons. The maximum atomic E-state index is 12.5. The molecule has 1 aliphatic heterocycles. The zero-order chi connectivity index (χ0) is 19.2. The summed E-state index contributed by atoms with van der Waals surface area (Å²) in [5.74, 6) is 0.0000746. The fourth-order valence-electron chi connectivity index (χ4n) is 4.90. The van der Waals surface area contributed by atoms with Crippen molar-refractivity contribution in [3.63, 3.8) is 0 Å². The van der Waals surface area contributed by atoms with Crippen molar-refractivity contribution in [2.24, 2.45) is 11.7 Å². The summed E-state index contributed by atoms with van der Waals surface area (Å²) in [6.07, 6.45) is 6.96. The number of primary amides is 1. The lowest BCUT2D eigenvalue weighted by molar-refractivity contribution is 0.0259. The number of benzene rings is 1. The van der Waals surface area contributed by atoms with E-state index in [0.717, 1.165) is 31.8 Å². The van der Waals surface area contributed by atoms with Crippen molar-refractivity contribution < 1.29 is 9.21 Å². The SMILES string of the molecule is C[C@H]1CC[C@](C)(N2CCC(n3c(=O)oc4ccc(C(N)=O)cc43)CC2)CC1. The number of oxazole rings is 1. The van der Waals surface area contributed by atoms with Gasteiger partial charge in [0, 0.05) is 30.2 Å². The number of nitrogens with zero attached hydrogens (tertiary/aromatic N) is 2. The van der Waals surface area contributed by atoms with Crippen LogP contribution in [-0.4, -0.2) is 34.0 Å². The molecule has 6 heteroatoms. The topological polar surface area (TPSA) is 81.5 Å². The van der Waals surface area contributed by atoms with Crippen molar-refractivity contribution >= 4 is 17.0 Å². The molecule has 27 heavy (non-hydrogen) atoms. The van der Waals surface area contributed by atoms with Crippen LogP contribution in [0.25, 0.3) is 11.1 Å². The van der Waals surface area contributed by atoms with Crippen molar-refractivity contribution in [2.45, 2.75) is 64.0 Å². The Morgan fingerprint density at radius 3 is 2.48 bits per heavy atom. The lowest BCUT2D eigenvalue weighted by atomic mass is 9.76. The van der Waals surface area contributed by atoms with Gasteiger partial charge in [-0.3, -0.25) is 14.3 Å². The predicted molar refractivity (Wildman–Crippen MR) is 105 cm³/mol. The van der Waals surface area contributed by atoms with Crippen LogP contribution in [0.1, 0.15) is 68.8 Å². The summed E-state index contributed by atoms with van der Waals surface area (Å²) in [4.78, 5) is 26.6. The Hall–Kier alpha value is -2.08. The van der Waals surface area contributed by atoms with Gasteiger partial charge in [0.15, 0.2) is 5.58 Å². The Morgan fingerprint density at radius 1 is 1.19 bits per heavy atom. The number of hydrogen-bond acceptors (Lipinski definition) is 4. The summed E-state index contributed by atoms with van der Waals surface area (Å²) in [7, 11) is 0. The second-order valence-electron chi connectivity index (χ2n) is 8.68. The third-order valence-electron chi connectivity index (χ3n) is 6.84. The number of carbonyl (C=O) groups excluding carboxylic acids is 1. The molecule has 0 spiro atoms. The van der Waals surface area contributed by atoms with Gasteiger partial charge < -0.3 is 10.2 Å². The molecular weight excluding hydrogens is 342 g/mol. The van der Waals surface area contributed by atoms with Gasteiger partial charge >= 0.3 is 5.76 Å². The predicted octanol–water partition coefficient (Wildman–Crippen LogP) is 3.30.